The fourth-order valence-corrected chi connectivity index (χ4v) is 3.63. The van der Waals surface area contributed by atoms with Gasteiger partial charge in [-0.2, -0.15) is 5.10 Å². The summed E-state index contributed by atoms with van der Waals surface area (Å²) in [7, 11) is 0. The first kappa shape index (κ1) is 17.2. The van der Waals surface area contributed by atoms with Crippen molar-refractivity contribution in [2.45, 2.75) is 17.8 Å². The van der Waals surface area contributed by atoms with E-state index in [1.165, 1.54) is 17.4 Å². The molecule has 1 amide bonds. The van der Waals surface area contributed by atoms with Gasteiger partial charge in [-0.3, -0.25) is 19.9 Å². The summed E-state index contributed by atoms with van der Waals surface area (Å²) in [5.41, 5.74) is 0.974. The predicted octanol–water partition coefficient (Wildman–Crippen LogP) is 1.91. The molecule has 0 aliphatic rings. The van der Waals surface area contributed by atoms with E-state index >= 15 is 0 Å². The number of carbonyl (C=O) groups excluding carboxylic acids is 1. The zero-order valence-corrected chi connectivity index (χ0v) is 14.9. The van der Waals surface area contributed by atoms with Crippen molar-refractivity contribution in [2.24, 2.45) is 0 Å². The fourth-order valence-electron chi connectivity index (χ4n) is 1.97. The molecule has 1 N–H and O–H groups in total. The van der Waals surface area contributed by atoms with Crippen molar-refractivity contribution >= 4 is 34.1 Å². The van der Waals surface area contributed by atoms with E-state index in [9.17, 15) is 9.59 Å². The lowest BCUT2D eigenvalue weighted by Gasteiger charge is -2.06. The molecule has 128 valence electrons. The Hall–Kier alpha value is -2.59. The Morgan fingerprint density at radius 3 is 2.96 bits per heavy atom. The normalized spacial score (nSPS) is 10.6. The quantitative estimate of drug-likeness (QED) is 0.519. The van der Waals surface area contributed by atoms with Crippen LogP contribution in [-0.2, 0) is 11.3 Å². The number of rotatable bonds is 6. The summed E-state index contributed by atoms with van der Waals surface area (Å²) in [5, 5.41) is 15.1. The summed E-state index contributed by atoms with van der Waals surface area (Å²) < 4.78 is 1.90. The number of thioether (sulfide) groups is 1. The minimum absolute atomic E-state index is 0.206. The Labute approximate surface area is 151 Å². The molecule has 0 saturated carbocycles. The van der Waals surface area contributed by atoms with Crippen LogP contribution >= 0.6 is 23.1 Å². The van der Waals surface area contributed by atoms with Crippen molar-refractivity contribution in [3.05, 3.63) is 47.0 Å². The van der Waals surface area contributed by atoms with E-state index in [1.54, 1.807) is 36.3 Å². The number of anilines is 1. The number of hydrogen-bond donors (Lipinski definition) is 1. The first-order chi connectivity index (χ1) is 12.2. The highest BCUT2D eigenvalue weighted by Gasteiger charge is 2.11. The van der Waals surface area contributed by atoms with Gasteiger partial charge in [0.1, 0.15) is 6.54 Å². The topological polar surface area (TPSA) is 103 Å². The van der Waals surface area contributed by atoms with Crippen LogP contribution in [0.25, 0.3) is 11.3 Å². The molecule has 3 rings (SSSR count). The first-order valence-electron chi connectivity index (χ1n) is 7.40. The van der Waals surface area contributed by atoms with Gasteiger partial charge in [0.15, 0.2) is 4.34 Å². The van der Waals surface area contributed by atoms with Crippen LogP contribution in [0.3, 0.4) is 0 Å². The lowest BCUT2D eigenvalue weighted by Crippen LogP contribution is -2.29. The Bertz CT molecular complexity index is 925. The van der Waals surface area contributed by atoms with Crippen molar-refractivity contribution in [1.82, 2.24) is 25.0 Å². The highest BCUT2D eigenvalue weighted by molar-refractivity contribution is 8.01. The van der Waals surface area contributed by atoms with Crippen LogP contribution in [0.2, 0.25) is 0 Å². The third kappa shape index (κ3) is 4.48. The highest BCUT2D eigenvalue weighted by atomic mass is 32.2. The molecule has 25 heavy (non-hydrogen) atoms. The van der Waals surface area contributed by atoms with E-state index < -0.39 is 0 Å². The molecule has 0 saturated heterocycles. The maximum Gasteiger partial charge on any atom is 0.267 e. The molecular formula is C15H14N6O2S2. The van der Waals surface area contributed by atoms with E-state index in [2.05, 4.69) is 25.6 Å². The smallest absolute Gasteiger partial charge is 0.267 e. The molecule has 0 aromatic carbocycles. The third-order valence-corrected chi connectivity index (χ3v) is 4.89. The van der Waals surface area contributed by atoms with E-state index in [-0.39, 0.29) is 18.0 Å². The summed E-state index contributed by atoms with van der Waals surface area (Å²) in [5.74, 6) is 0.491. The van der Waals surface area contributed by atoms with E-state index in [4.69, 9.17) is 0 Å². The summed E-state index contributed by atoms with van der Waals surface area (Å²) in [6.07, 6.45) is 3.30. The standard InChI is InChI=1S/C15H14N6O2S2/c1-2-24-15-19-18-14(25-15)17-12(22)9-21-13(23)6-5-11(20-21)10-4-3-7-16-8-10/h3-8H,2,9H2,1H3,(H,17,18,22). The SMILES string of the molecule is CCSc1nnc(NC(=O)Cn2nc(-c3cccnc3)ccc2=O)s1. The van der Waals surface area contributed by atoms with Crippen LogP contribution in [0.4, 0.5) is 5.13 Å². The molecule has 8 nitrogen and oxygen atoms in total. The Balaban J connectivity index is 1.73. The van der Waals surface area contributed by atoms with Gasteiger partial charge in [0.25, 0.3) is 5.56 Å². The van der Waals surface area contributed by atoms with Gasteiger partial charge in [0.05, 0.1) is 5.69 Å². The van der Waals surface area contributed by atoms with Crippen LogP contribution in [0.5, 0.6) is 0 Å². The molecule has 3 aromatic rings. The molecule has 0 aliphatic carbocycles. The second-order valence-corrected chi connectivity index (χ2v) is 7.30. The van der Waals surface area contributed by atoms with Crippen molar-refractivity contribution in [3.8, 4) is 11.3 Å². The molecule has 10 heteroatoms. The van der Waals surface area contributed by atoms with Crippen LogP contribution < -0.4 is 10.9 Å². The number of amides is 1. The molecule has 3 heterocycles. The molecule has 0 aliphatic heterocycles. The van der Waals surface area contributed by atoms with Gasteiger partial charge in [0.2, 0.25) is 11.0 Å². The van der Waals surface area contributed by atoms with E-state index in [0.717, 1.165) is 20.3 Å². The maximum atomic E-state index is 12.2. The zero-order chi connectivity index (χ0) is 17.6. The average molecular weight is 374 g/mol. The minimum Gasteiger partial charge on any atom is -0.299 e. The van der Waals surface area contributed by atoms with Crippen LogP contribution in [-0.4, -0.2) is 36.6 Å². The van der Waals surface area contributed by atoms with Crippen molar-refractivity contribution in [3.63, 3.8) is 0 Å². The average Bonchev–Trinajstić information content (AvgIpc) is 3.05. The molecular weight excluding hydrogens is 360 g/mol. The van der Waals surface area contributed by atoms with Crippen LogP contribution in [0.1, 0.15) is 6.92 Å². The summed E-state index contributed by atoms with van der Waals surface area (Å²) in [4.78, 5) is 28.1. The molecule has 0 unspecified atom stereocenters. The number of aromatic nitrogens is 5. The monoisotopic (exact) mass is 374 g/mol. The van der Waals surface area contributed by atoms with E-state index in [0.29, 0.717) is 10.8 Å². The lowest BCUT2D eigenvalue weighted by atomic mass is 10.2. The number of pyridine rings is 1. The number of nitrogens with one attached hydrogen (secondary N) is 1. The largest absolute Gasteiger partial charge is 0.299 e. The van der Waals surface area contributed by atoms with E-state index in [1.807, 2.05) is 13.0 Å². The van der Waals surface area contributed by atoms with Crippen molar-refractivity contribution in [1.29, 1.82) is 0 Å². The molecule has 0 spiro atoms. The number of carbonyl (C=O) groups is 1. The third-order valence-electron chi connectivity index (χ3n) is 3.04. The summed E-state index contributed by atoms with van der Waals surface area (Å²) >= 11 is 2.84. The number of hydrogen-bond acceptors (Lipinski definition) is 8. The first-order valence-corrected chi connectivity index (χ1v) is 9.20. The van der Waals surface area contributed by atoms with Crippen molar-refractivity contribution in [2.75, 3.05) is 11.1 Å². The Morgan fingerprint density at radius 1 is 1.32 bits per heavy atom. The molecule has 0 fully saturated rings. The second-order valence-electron chi connectivity index (χ2n) is 4.81. The molecule has 0 bridgehead atoms. The zero-order valence-electron chi connectivity index (χ0n) is 13.2. The predicted molar refractivity (Wildman–Crippen MR) is 96.7 cm³/mol. The van der Waals surface area contributed by atoms with Gasteiger partial charge in [-0.05, 0) is 24.0 Å². The fraction of sp³-hybridized carbons (Fsp3) is 0.200. The van der Waals surface area contributed by atoms with Gasteiger partial charge in [-0.25, -0.2) is 4.68 Å². The Kier molecular flexibility index (Phi) is 5.51. The molecule has 3 aromatic heterocycles. The second kappa shape index (κ2) is 7.99. The highest BCUT2D eigenvalue weighted by Crippen LogP contribution is 2.24. The van der Waals surface area contributed by atoms with Gasteiger partial charge in [0, 0.05) is 24.0 Å². The minimum atomic E-state index is -0.387. The Morgan fingerprint density at radius 2 is 2.20 bits per heavy atom. The number of nitrogens with zero attached hydrogens (tertiary/aromatic N) is 5. The summed E-state index contributed by atoms with van der Waals surface area (Å²) in [6, 6.07) is 6.59. The van der Waals surface area contributed by atoms with Gasteiger partial charge in [-0.15, -0.1) is 10.2 Å². The molecule has 0 atom stereocenters. The van der Waals surface area contributed by atoms with Gasteiger partial charge >= 0.3 is 0 Å². The van der Waals surface area contributed by atoms with Crippen LogP contribution in [0.15, 0.2) is 45.8 Å². The summed E-state index contributed by atoms with van der Waals surface area (Å²) in [6.45, 7) is 1.81. The molecule has 0 radical (unpaired) electrons. The maximum absolute atomic E-state index is 12.2. The van der Waals surface area contributed by atoms with Crippen molar-refractivity contribution < 1.29 is 4.79 Å². The van der Waals surface area contributed by atoms with Gasteiger partial charge < -0.3 is 0 Å². The lowest BCUT2D eigenvalue weighted by molar-refractivity contribution is -0.117. The van der Waals surface area contributed by atoms with Crippen LogP contribution in [0, 0.1) is 0 Å². The van der Waals surface area contributed by atoms with Gasteiger partial charge in [-0.1, -0.05) is 30.0 Å².